The van der Waals surface area contributed by atoms with Gasteiger partial charge in [0.1, 0.15) is 0 Å². The minimum Gasteiger partial charge on any atom is -0.356 e. The number of unbranched alkanes of at least 4 members (excludes halogenated alkanes) is 11. The standard InChI is InChI=1S/C25H48N2O/c1-3-4-5-6-7-8-9-10-11-12-13-14-15-16-17-20-25(28)26-22-21-24-19-18-23-27(24)2/h10-11,24H,3-9,12-23H2,1-2H3,(H,26,28)/b11-10+. The van der Waals surface area contributed by atoms with Crippen LogP contribution in [-0.4, -0.2) is 37.0 Å². The molecule has 1 atom stereocenters. The highest BCUT2D eigenvalue weighted by Crippen LogP contribution is 2.17. The van der Waals surface area contributed by atoms with E-state index < -0.39 is 0 Å². The number of carbonyl (C=O) groups excluding carboxylic acids is 1. The van der Waals surface area contributed by atoms with Crippen LogP contribution < -0.4 is 5.32 Å². The molecule has 1 unspecified atom stereocenters. The molecule has 0 radical (unpaired) electrons. The zero-order valence-electron chi connectivity index (χ0n) is 19.0. The summed E-state index contributed by atoms with van der Waals surface area (Å²) in [6, 6.07) is 0.681. The highest BCUT2D eigenvalue weighted by Gasteiger charge is 2.20. The fourth-order valence-corrected chi connectivity index (χ4v) is 4.17. The first kappa shape index (κ1) is 25.2. The fraction of sp³-hybridized carbons (Fsp3) is 0.880. The summed E-state index contributed by atoms with van der Waals surface area (Å²) in [5.74, 6) is 0.248. The molecular weight excluding hydrogens is 344 g/mol. The van der Waals surface area contributed by atoms with Crippen molar-refractivity contribution in [3.63, 3.8) is 0 Å². The van der Waals surface area contributed by atoms with E-state index in [0.717, 1.165) is 19.4 Å². The largest absolute Gasteiger partial charge is 0.356 e. The molecule has 1 rings (SSSR count). The van der Waals surface area contributed by atoms with Gasteiger partial charge in [-0.1, -0.05) is 70.4 Å². The summed E-state index contributed by atoms with van der Waals surface area (Å²) < 4.78 is 0. The van der Waals surface area contributed by atoms with E-state index in [-0.39, 0.29) is 5.91 Å². The van der Waals surface area contributed by atoms with E-state index in [1.54, 1.807) is 0 Å². The lowest BCUT2D eigenvalue weighted by atomic mass is 10.1. The third-order valence-electron chi connectivity index (χ3n) is 6.14. The smallest absolute Gasteiger partial charge is 0.219 e. The number of amides is 1. The van der Waals surface area contributed by atoms with Gasteiger partial charge in [-0.2, -0.15) is 0 Å². The van der Waals surface area contributed by atoms with Gasteiger partial charge < -0.3 is 10.2 Å². The summed E-state index contributed by atoms with van der Waals surface area (Å²) in [6.45, 7) is 4.34. The van der Waals surface area contributed by atoms with E-state index in [4.69, 9.17) is 0 Å². The van der Waals surface area contributed by atoms with Crippen molar-refractivity contribution < 1.29 is 4.79 Å². The Morgan fingerprint density at radius 3 is 2.14 bits per heavy atom. The maximum absolute atomic E-state index is 11.9. The zero-order valence-corrected chi connectivity index (χ0v) is 19.0. The van der Waals surface area contributed by atoms with E-state index >= 15 is 0 Å². The quantitative estimate of drug-likeness (QED) is 0.210. The molecule has 0 aromatic carbocycles. The Labute approximate surface area is 175 Å². The lowest BCUT2D eigenvalue weighted by Crippen LogP contribution is -2.31. The molecular formula is C25H48N2O. The third kappa shape index (κ3) is 14.2. The Kier molecular flexibility index (Phi) is 16.4. The second-order valence-corrected chi connectivity index (χ2v) is 8.75. The van der Waals surface area contributed by atoms with Gasteiger partial charge in [0.05, 0.1) is 0 Å². The summed E-state index contributed by atoms with van der Waals surface area (Å²) in [5, 5.41) is 3.10. The first-order valence-electron chi connectivity index (χ1n) is 12.4. The van der Waals surface area contributed by atoms with Gasteiger partial charge in [-0.15, -0.1) is 0 Å². The van der Waals surface area contributed by atoms with Gasteiger partial charge in [0, 0.05) is 19.0 Å². The number of rotatable bonds is 18. The topological polar surface area (TPSA) is 32.3 Å². The van der Waals surface area contributed by atoms with Gasteiger partial charge in [0.15, 0.2) is 0 Å². The Bertz CT molecular complexity index is 394. The molecule has 3 heteroatoms. The van der Waals surface area contributed by atoms with Crippen LogP contribution in [0.1, 0.15) is 116 Å². The van der Waals surface area contributed by atoms with Crippen LogP contribution in [0.5, 0.6) is 0 Å². The number of carbonyl (C=O) groups is 1. The zero-order chi connectivity index (χ0) is 20.3. The van der Waals surface area contributed by atoms with Crippen LogP contribution in [0.2, 0.25) is 0 Å². The molecule has 0 saturated carbocycles. The van der Waals surface area contributed by atoms with Gasteiger partial charge in [-0.3, -0.25) is 4.79 Å². The van der Waals surface area contributed by atoms with Gasteiger partial charge in [-0.25, -0.2) is 0 Å². The fourth-order valence-electron chi connectivity index (χ4n) is 4.17. The monoisotopic (exact) mass is 392 g/mol. The molecule has 164 valence electrons. The molecule has 1 N–H and O–H groups in total. The maximum Gasteiger partial charge on any atom is 0.219 e. The van der Waals surface area contributed by atoms with Crippen molar-refractivity contribution in [3.8, 4) is 0 Å². The Morgan fingerprint density at radius 1 is 0.929 bits per heavy atom. The molecule has 1 heterocycles. The lowest BCUT2D eigenvalue weighted by Gasteiger charge is -2.19. The summed E-state index contributed by atoms with van der Waals surface area (Å²) in [6.07, 6.45) is 26.1. The SMILES string of the molecule is CCCCCCCC/C=C/CCCCCCCC(=O)NCCC1CCCN1C. The Hall–Kier alpha value is -0.830. The number of nitrogens with zero attached hydrogens (tertiary/aromatic N) is 1. The first-order valence-corrected chi connectivity index (χ1v) is 12.4. The van der Waals surface area contributed by atoms with Gasteiger partial charge in [0.2, 0.25) is 5.91 Å². The van der Waals surface area contributed by atoms with Crippen LogP contribution in [0.15, 0.2) is 12.2 Å². The van der Waals surface area contributed by atoms with Crippen molar-refractivity contribution >= 4 is 5.91 Å². The second kappa shape index (κ2) is 18.2. The number of allylic oxidation sites excluding steroid dienone is 2. The summed E-state index contributed by atoms with van der Waals surface area (Å²) in [5.41, 5.74) is 0. The molecule has 0 bridgehead atoms. The summed E-state index contributed by atoms with van der Waals surface area (Å²) in [7, 11) is 2.20. The molecule has 1 fully saturated rings. The van der Waals surface area contributed by atoms with E-state index in [0.29, 0.717) is 12.5 Å². The van der Waals surface area contributed by atoms with Crippen LogP contribution in [0.3, 0.4) is 0 Å². The van der Waals surface area contributed by atoms with Crippen LogP contribution in [0.4, 0.5) is 0 Å². The molecule has 0 aromatic rings. The van der Waals surface area contributed by atoms with E-state index in [1.165, 1.54) is 96.4 Å². The summed E-state index contributed by atoms with van der Waals surface area (Å²) >= 11 is 0. The van der Waals surface area contributed by atoms with Crippen molar-refractivity contribution in [2.24, 2.45) is 0 Å². The molecule has 1 aliphatic heterocycles. The van der Waals surface area contributed by atoms with Gasteiger partial charge >= 0.3 is 0 Å². The molecule has 1 amide bonds. The predicted octanol–water partition coefficient (Wildman–Crippen LogP) is 6.62. The number of nitrogens with one attached hydrogen (secondary N) is 1. The van der Waals surface area contributed by atoms with Crippen molar-refractivity contribution in [1.82, 2.24) is 10.2 Å². The van der Waals surface area contributed by atoms with Gasteiger partial charge in [-0.05, 0) is 65.0 Å². The average molecular weight is 393 g/mol. The maximum atomic E-state index is 11.9. The molecule has 1 aliphatic rings. The molecule has 0 aromatic heterocycles. The van der Waals surface area contributed by atoms with Crippen LogP contribution in [0.25, 0.3) is 0 Å². The van der Waals surface area contributed by atoms with Crippen LogP contribution in [-0.2, 0) is 4.79 Å². The molecule has 28 heavy (non-hydrogen) atoms. The Morgan fingerprint density at radius 2 is 1.54 bits per heavy atom. The number of hydrogen-bond acceptors (Lipinski definition) is 2. The highest BCUT2D eigenvalue weighted by atomic mass is 16.1. The van der Waals surface area contributed by atoms with E-state index in [2.05, 4.69) is 36.3 Å². The normalized spacial score (nSPS) is 17.6. The molecule has 3 nitrogen and oxygen atoms in total. The van der Waals surface area contributed by atoms with Crippen molar-refractivity contribution in [1.29, 1.82) is 0 Å². The van der Waals surface area contributed by atoms with E-state index in [1.807, 2.05) is 0 Å². The van der Waals surface area contributed by atoms with Crippen molar-refractivity contribution in [3.05, 3.63) is 12.2 Å². The first-order chi connectivity index (χ1) is 13.7. The lowest BCUT2D eigenvalue weighted by molar-refractivity contribution is -0.121. The minimum absolute atomic E-state index is 0.248. The van der Waals surface area contributed by atoms with Crippen LogP contribution >= 0.6 is 0 Å². The van der Waals surface area contributed by atoms with Crippen LogP contribution in [0, 0.1) is 0 Å². The van der Waals surface area contributed by atoms with Crippen molar-refractivity contribution in [2.45, 2.75) is 122 Å². The predicted molar refractivity (Wildman–Crippen MR) is 123 cm³/mol. The highest BCUT2D eigenvalue weighted by molar-refractivity contribution is 5.75. The average Bonchev–Trinajstić information content (AvgIpc) is 3.10. The third-order valence-corrected chi connectivity index (χ3v) is 6.14. The van der Waals surface area contributed by atoms with E-state index in [9.17, 15) is 4.79 Å². The Balaban J connectivity index is 1.78. The molecule has 0 aliphatic carbocycles. The second-order valence-electron chi connectivity index (χ2n) is 8.75. The minimum atomic E-state index is 0.248. The van der Waals surface area contributed by atoms with Gasteiger partial charge in [0.25, 0.3) is 0 Å². The van der Waals surface area contributed by atoms with Crippen molar-refractivity contribution in [2.75, 3.05) is 20.1 Å². The molecule has 1 saturated heterocycles. The number of hydrogen-bond donors (Lipinski definition) is 1. The number of likely N-dealkylation sites (tertiary alicyclic amines) is 1. The molecule has 0 spiro atoms. The summed E-state index contributed by atoms with van der Waals surface area (Å²) in [4.78, 5) is 14.3.